The van der Waals surface area contributed by atoms with Gasteiger partial charge in [-0.15, -0.1) is 12.4 Å². The van der Waals surface area contributed by atoms with Crippen molar-refractivity contribution in [1.29, 1.82) is 0 Å². The molecular weight excluding hydrogens is 288 g/mol. The molecule has 0 aromatic rings. The van der Waals surface area contributed by atoms with Gasteiger partial charge >= 0.3 is 0 Å². The Labute approximate surface area is 122 Å². The summed E-state index contributed by atoms with van der Waals surface area (Å²) in [6.45, 7) is 4.95. The second-order valence-electron chi connectivity index (χ2n) is 4.78. The molecule has 1 fully saturated rings. The molecule has 1 rings (SSSR count). The summed E-state index contributed by atoms with van der Waals surface area (Å²) in [6.07, 6.45) is 3.44. The Bertz CT molecular complexity index is 352. The van der Waals surface area contributed by atoms with Gasteiger partial charge in [0.2, 0.25) is 5.91 Å². The lowest BCUT2D eigenvalue weighted by Gasteiger charge is -2.19. The predicted octanol–water partition coefficient (Wildman–Crippen LogP) is 0.835. The van der Waals surface area contributed by atoms with Crippen molar-refractivity contribution in [3.8, 4) is 0 Å². The highest BCUT2D eigenvalue weighted by Gasteiger charge is 2.21. The van der Waals surface area contributed by atoms with Crippen LogP contribution in [0.1, 0.15) is 32.6 Å². The number of hydrogen-bond acceptors (Lipinski definition) is 4. The highest BCUT2D eigenvalue weighted by atomic mass is 35.5. The van der Waals surface area contributed by atoms with Gasteiger partial charge in [-0.25, -0.2) is 8.42 Å². The molecule has 0 radical (unpaired) electrons. The van der Waals surface area contributed by atoms with E-state index in [4.69, 9.17) is 0 Å². The van der Waals surface area contributed by atoms with Crippen LogP contribution in [0.15, 0.2) is 0 Å². The van der Waals surface area contributed by atoms with Crippen LogP contribution in [-0.4, -0.2) is 56.9 Å². The van der Waals surface area contributed by atoms with E-state index in [1.54, 1.807) is 4.90 Å². The number of nitrogens with one attached hydrogen (secondary N) is 1. The second kappa shape index (κ2) is 9.55. The monoisotopic (exact) mass is 312 g/mol. The number of nitrogens with zero attached hydrogens (tertiary/aromatic N) is 1. The number of sulfone groups is 1. The molecule has 1 aliphatic rings. The van der Waals surface area contributed by atoms with Gasteiger partial charge in [0.05, 0.1) is 5.75 Å². The van der Waals surface area contributed by atoms with E-state index in [-0.39, 0.29) is 29.8 Å². The lowest BCUT2D eigenvalue weighted by molar-refractivity contribution is -0.128. The number of amides is 1. The summed E-state index contributed by atoms with van der Waals surface area (Å²) in [5.41, 5.74) is 0. The topological polar surface area (TPSA) is 66.5 Å². The first kappa shape index (κ1) is 18.7. The van der Waals surface area contributed by atoms with Crippen molar-refractivity contribution >= 4 is 28.2 Å². The van der Waals surface area contributed by atoms with Gasteiger partial charge < -0.3 is 10.2 Å². The molecule has 114 valence electrons. The second-order valence-corrected chi connectivity index (χ2v) is 6.97. The van der Waals surface area contributed by atoms with Crippen molar-refractivity contribution < 1.29 is 13.2 Å². The van der Waals surface area contributed by atoms with Gasteiger partial charge in [0.25, 0.3) is 0 Å². The van der Waals surface area contributed by atoms with Crippen LogP contribution in [0.5, 0.6) is 0 Å². The molecule has 0 aromatic heterocycles. The maximum Gasteiger partial charge on any atom is 0.237 e. The molecule has 0 bridgehead atoms. The molecule has 1 saturated heterocycles. The Hall–Kier alpha value is -0.330. The van der Waals surface area contributed by atoms with Gasteiger partial charge in [-0.05, 0) is 19.4 Å². The summed E-state index contributed by atoms with van der Waals surface area (Å²) < 4.78 is 23.6. The number of halogens is 1. The van der Waals surface area contributed by atoms with Crippen molar-refractivity contribution in [3.63, 3.8) is 0 Å². The molecule has 0 saturated carbocycles. The van der Waals surface area contributed by atoms with Crippen LogP contribution in [-0.2, 0) is 14.6 Å². The summed E-state index contributed by atoms with van der Waals surface area (Å²) in [5, 5.41) is 3.19. The van der Waals surface area contributed by atoms with E-state index in [0.717, 1.165) is 32.4 Å². The van der Waals surface area contributed by atoms with Crippen LogP contribution >= 0.6 is 12.4 Å². The van der Waals surface area contributed by atoms with Gasteiger partial charge in [0.1, 0.15) is 5.75 Å². The zero-order chi connectivity index (χ0) is 13.4. The van der Waals surface area contributed by atoms with Crippen molar-refractivity contribution in [3.05, 3.63) is 0 Å². The van der Waals surface area contributed by atoms with Crippen LogP contribution in [0.25, 0.3) is 0 Å². The molecule has 7 heteroatoms. The van der Waals surface area contributed by atoms with Gasteiger partial charge in [0, 0.05) is 19.6 Å². The van der Waals surface area contributed by atoms with Crippen LogP contribution < -0.4 is 5.32 Å². The number of hydrogen-bond donors (Lipinski definition) is 1. The summed E-state index contributed by atoms with van der Waals surface area (Å²) in [4.78, 5) is 13.6. The number of carbonyl (C=O) groups is 1. The molecule has 0 atom stereocenters. The van der Waals surface area contributed by atoms with Gasteiger partial charge in [-0.1, -0.05) is 19.8 Å². The highest BCUT2D eigenvalue weighted by molar-refractivity contribution is 7.92. The SMILES string of the molecule is CCCCCS(=O)(=O)CC(=O)N1CCCNCC1.Cl. The third-order valence-electron chi connectivity index (χ3n) is 3.10. The lowest BCUT2D eigenvalue weighted by atomic mass is 10.3. The van der Waals surface area contributed by atoms with Crippen molar-refractivity contribution in [2.24, 2.45) is 0 Å². The van der Waals surface area contributed by atoms with E-state index in [9.17, 15) is 13.2 Å². The lowest BCUT2D eigenvalue weighted by Crippen LogP contribution is -2.38. The number of rotatable bonds is 6. The smallest absolute Gasteiger partial charge is 0.237 e. The summed E-state index contributed by atoms with van der Waals surface area (Å²) in [6, 6.07) is 0. The first-order valence-corrected chi connectivity index (χ1v) is 8.56. The predicted molar refractivity (Wildman–Crippen MR) is 79.5 cm³/mol. The average molecular weight is 313 g/mol. The van der Waals surface area contributed by atoms with E-state index in [1.165, 1.54) is 0 Å². The van der Waals surface area contributed by atoms with Gasteiger partial charge in [-0.2, -0.15) is 0 Å². The van der Waals surface area contributed by atoms with Crippen LogP contribution in [0, 0.1) is 0 Å². The molecular formula is C12H25ClN2O3S. The fourth-order valence-corrected chi connectivity index (χ4v) is 3.37. The van der Waals surface area contributed by atoms with E-state index in [0.29, 0.717) is 19.5 Å². The molecule has 0 unspecified atom stereocenters. The Morgan fingerprint density at radius 1 is 1.21 bits per heavy atom. The minimum absolute atomic E-state index is 0. The van der Waals surface area contributed by atoms with Crippen molar-refractivity contribution in [1.82, 2.24) is 10.2 Å². The van der Waals surface area contributed by atoms with Crippen LogP contribution in [0.4, 0.5) is 0 Å². The standard InChI is InChI=1S/C12H24N2O3S.ClH/c1-2-3-4-10-18(16,17)11-12(15)14-8-5-6-13-7-9-14;/h13H,2-11H2,1H3;1H. The first-order chi connectivity index (χ1) is 8.55. The van der Waals surface area contributed by atoms with Gasteiger partial charge in [0.15, 0.2) is 9.84 Å². The summed E-state index contributed by atoms with van der Waals surface area (Å²) >= 11 is 0. The summed E-state index contributed by atoms with van der Waals surface area (Å²) in [7, 11) is -3.23. The highest BCUT2D eigenvalue weighted by Crippen LogP contribution is 2.03. The molecule has 1 amide bonds. The van der Waals surface area contributed by atoms with Crippen molar-refractivity contribution in [2.75, 3.05) is 37.7 Å². The number of carbonyl (C=O) groups excluding carboxylic acids is 1. The molecule has 0 aromatic carbocycles. The third-order valence-corrected chi connectivity index (χ3v) is 4.69. The Balaban J connectivity index is 0.00000324. The molecule has 0 aliphatic carbocycles. The number of unbranched alkanes of at least 4 members (excludes halogenated alkanes) is 2. The summed E-state index contributed by atoms with van der Waals surface area (Å²) in [5.74, 6) is -0.426. The zero-order valence-corrected chi connectivity index (χ0v) is 13.2. The fourth-order valence-electron chi connectivity index (χ4n) is 2.02. The van der Waals surface area contributed by atoms with E-state index in [2.05, 4.69) is 5.32 Å². The Kier molecular flexibility index (Phi) is 9.39. The van der Waals surface area contributed by atoms with Crippen LogP contribution in [0.3, 0.4) is 0 Å². The third kappa shape index (κ3) is 7.74. The Morgan fingerprint density at radius 2 is 1.95 bits per heavy atom. The molecule has 1 aliphatic heterocycles. The maximum atomic E-state index is 11.9. The molecule has 5 nitrogen and oxygen atoms in total. The van der Waals surface area contributed by atoms with Gasteiger partial charge in [-0.3, -0.25) is 4.79 Å². The molecule has 1 N–H and O–H groups in total. The van der Waals surface area contributed by atoms with E-state index >= 15 is 0 Å². The molecule has 19 heavy (non-hydrogen) atoms. The molecule has 0 spiro atoms. The molecule has 1 heterocycles. The van der Waals surface area contributed by atoms with Crippen molar-refractivity contribution in [2.45, 2.75) is 32.6 Å². The van der Waals surface area contributed by atoms with Crippen LogP contribution in [0.2, 0.25) is 0 Å². The maximum absolute atomic E-state index is 11.9. The Morgan fingerprint density at radius 3 is 2.63 bits per heavy atom. The fraction of sp³-hybridized carbons (Fsp3) is 0.917. The average Bonchev–Trinajstić information content (AvgIpc) is 2.57. The minimum atomic E-state index is -3.23. The first-order valence-electron chi connectivity index (χ1n) is 6.74. The minimum Gasteiger partial charge on any atom is -0.340 e. The van der Waals surface area contributed by atoms with E-state index < -0.39 is 9.84 Å². The van der Waals surface area contributed by atoms with E-state index in [1.807, 2.05) is 6.92 Å². The largest absolute Gasteiger partial charge is 0.340 e. The zero-order valence-electron chi connectivity index (χ0n) is 11.6. The normalized spacial score (nSPS) is 16.6. The quantitative estimate of drug-likeness (QED) is 0.738.